The predicted octanol–water partition coefficient (Wildman–Crippen LogP) is 4.12. The number of benzene rings is 1. The van der Waals surface area contributed by atoms with Crippen LogP contribution in [0.3, 0.4) is 0 Å². The molecule has 1 radical (unpaired) electrons. The number of rotatable bonds is 7. The second-order valence-corrected chi connectivity index (χ2v) is 6.22. The molecule has 0 aliphatic carbocycles. The number of aryl methyl sites for hydroxylation is 1. The first kappa shape index (κ1) is 18.3. The fraction of sp³-hybridized carbons (Fsp3) is 0.667. The van der Waals surface area contributed by atoms with Crippen molar-refractivity contribution in [2.75, 3.05) is 32.7 Å². The molecule has 129 valence electrons. The van der Waals surface area contributed by atoms with Gasteiger partial charge in [-0.05, 0) is 56.5 Å². The van der Waals surface area contributed by atoms with Crippen LogP contribution in [-0.2, 0) is 12.6 Å². The van der Waals surface area contributed by atoms with Crippen LogP contribution in [0.1, 0.15) is 43.2 Å². The van der Waals surface area contributed by atoms with Gasteiger partial charge < -0.3 is 4.90 Å². The van der Waals surface area contributed by atoms with E-state index in [0.29, 0.717) is 0 Å². The van der Waals surface area contributed by atoms with Gasteiger partial charge in [0, 0.05) is 19.6 Å². The number of nitrogens with zero attached hydrogens (tertiary/aromatic N) is 2. The molecule has 0 spiro atoms. The molecular formula is C18H26F3N2. The Balaban J connectivity index is 1.56. The van der Waals surface area contributed by atoms with Crippen LogP contribution in [0.4, 0.5) is 13.2 Å². The Kier molecular flexibility index (Phi) is 7.37. The molecule has 2 rings (SSSR count). The van der Waals surface area contributed by atoms with Gasteiger partial charge in [0.1, 0.15) is 0 Å². The lowest BCUT2D eigenvalue weighted by atomic mass is 10.0. The van der Waals surface area contributed by atoms with E-state index in [9.17, 15) is 13.2 Å². The molecule has 1 aromatic rings. The van der Waals surface area contributed by atoms with E-state index in [2.05, 4.69) is 10.2 Å². The fourth-order valence-corrected chi connectivity index (χ4v) is 2.94. The Bertz CT molecular complexity index is 435. The van der Waals surface area contributed by atoms with Crippen LogP contribution in [0.15, 0.2) is 24.3 Å². The van der Waals surface area contributed by atoms with Gasteiger partial charge in [0.05, 0.1) is 5.56 Å². The molecule has 1 aromatic carbocycles. The van der Waals surface area contributed by atoms with Gasteiger partial charge in [0.25, 0.3) is 0 Å². The molecular weight excluding hydrogens is 301 g/mol. The number of unbranched alkanes of at least 4 members (excludes halogenated alkanes) is 3. The highest BCUT2D eigenvalue weighted by molar-refractivity contribution is 5.24. The first-order chi connectivity index (χ1) is 11.1. The Hall–Kier alpha value is -1.07. The van der Waals surface area contributed by atoms with Crippen LogP contribution in [0.2, 0.25) is 0 Å². The van der Waals surface area contributed by atoms with Gasteiger partial charge >= 0.3 is 6.18 Å². The zero-order chi connectivity index (χ0) is 16.5. The van der Waals surface area contributed by atoms with Crippen LogP contribution in [0, 0.1) is 0 Å². The molecule has 0 N–H and O–H groups in total. The van der Waals surface area contributed by atoms with Crippen molar-refractivity contribution in [3.63, 3.8) is 0 Å². The summed E-state index contributed by atoms with van der Waals surface area (Å²) >= 11 is 0. The molecule has 0 saturated carbocycles. The molecule has 1 saturated heterocycles. The van der Waals surface area contributed by atoms with Crippen LogP contribution in [0.5, 0.6) is 0 Å². The van der Waals surface area contributed by atoms with Crippen molar-refractivity contribution < 1.29 is 13.2 Å². The Morgan fingerprint density at radius 3 is 2.39 bits per heavy atom. The van der Waals surface area contributed by atoms with Gasteiger partial charge in [-0.1, -0.05) is 25.0 Å². The van der Waals surface area contributed by atoms with Gasteiger partial charge in [-0.25, -0.2) is 5.32 Å². The Morgan fingerprint density at radius 2 is 1.65 bits per heavy atom. The maximum atomic E-state index is 12.5. The minimum absolute atomic E-state index is 0.564. The zero-order valence-electron chi connectivity index (χ0n) is 13.6. The van der Waals surface area contributed by atoms with E-state index < -0.39 is 11.7 Å². The van der Waals surface area contributed by atoms with Crippen molar-refractivity contribution in [1.29, 1.82) is 0 Å². The Labute approximate surface area is 137 Å². The SMILES string of the molecule is FC(F)(F)c1ccc(CCCCCCN2CCC[N]CC2)cc1. The zero-order valence-corrected chi connectivity index (χ0v) is 13.6. The highest BCUT2D eigenvalue weighted by atomic mass is 19.4. The van der Waals surface area contributed by atoms with Crippen molar-refractivity contribution in [2.45, 2.75) is 44.7 Å². The van der Waals surface area contributed by atoms with Gasteiger partial charge in [-0.2, -0.15) is 13.2 Å². The van der Waals surface area contributed by atoms with E-state index in [4.69, 9.17) is 0 Å². The van der Waals surface area contributed by atoms with Gasteiger partial charge in [-0.3, -0.25) is 0 Å². The average Bonchev–Trinajstić information content (AvgIpc) is 2.79. The molecule has 0 amide bonds. The number of halogens is 3. The molecule has 23 heavy (non-hydrogen) atoms. The first-order valence-electron chi connectivity index (χ1n) is 8.57. The van der Waals surface area contributed by atoms with Crippen LogP contribution < -0.4 is 5.32 Å². The third kappa shape index (κ3) is 6.92. The van der Waals surface area contributed by atoms with E-state index in [1.165, 1.54) is 31.4 Å². The summed E-state index contributed by atoms with van der Waals surface area (Å²) in [6.07, 6.45) is 2.37. The van der Waals surface area contributed by atoms with Gasteiger partial charge in [0.15, 0.2) is 0 Å². The molecule has 0 unspecified atom stereocenters. The molecule has 1 heterocycles. The van der Waals surface area contributed by atoms with Crippen molar-refractivity contribution in [1.82, 2.24) is 10.2 Å². The quantitative estimate of drug-likeness (QED) is 0.689. The lowest BCUT2D eigenvalue weighted by molar-refractivity contribution is -0.137. The minimum atomic E-state index is -4.24. The third-order valence-corrected chi connectivity index (χ3v) is 4.34. The first-order valence-corrected chi connectivity index (χ1v) is 8.57. The highest BCUT2D eigenvalue weighted by Gasteiger charge is 2.29. The predicted molar refractivity (Wildman–Crippen MR) is 86.5 cm³/mol. The van der Waals surface area contributed by atoms with Crippen molar-refractivity contribution >= 4 is 0 Å². The summed E-state index contributed by atoms with van der Waals surface area (Å²) in [5.41, 5.74) is 0.428. The molecule has 1 aliphatic heterocycles. The van der Waals surface area contributed by atoms with Crippen molar-refractivity contribution in [3.05, 3.63) is 35.4 Å². The van der Waals surface area contributed by atoms with Crippen LogP contribution in [-0.4, -0.2) is 37.6 Å². The van der Waals surface area contributed by atoms with Crippen molar-refractivity contribution in [3.8, 4) is 0 Å². The van der Waals surface area contributed by atoms with E-state index in [1.54, 1.807) is 12.1 Å². The Morgan fingerprint density at radius 1 is 0.913 bits per heavy atom. The second kappa shape index (κ2) is 9.28. The summed E-state index contributed by atoms with van der Waals surface area (Å²) in [4.78, 5) is 2.49. The minimum Gasteiger partial charge on any atom is -0.302 e. The molecule has 2 nitrogen and oxygen atoms in total. The lowest BCUT2D eigenvalue weighted by Crippen LogP contribution is -2.28. The monoisotopic (exact) mass is 327 g/mol. The maximum Gasteiger partial charge on any atom is 0.416 e. The lowest BCUT2D eigenvalue weighted by Gasteiger charge is -2.18. The highest BCUT2D eigenvalue weighted by Crippen LogP contribution is 2.29. The maximum absolute atomic E-state index is 12.5. The standard InChI is InChI=1S/C18H26F3N2/c19-18(20,21)17-9-7-16(8-10-17)6-3-1-2-4-13-23-14-5-11-22-12-15-23/h7-10H,1-6,11-15H2. The topological polar surface area (TPSA) is 17.3 Å². The molecule has 0 bridgehead atoms. The van der Waals surface area contributed by atoms with E-state index in [-0.39, 0.29) is 0 Å². The summed E-state index contributed by atoms with van der Waals surface area (Å²) < 4.78 is 37.4. The van der Waals surface area contributed by atoms with Crippen LogP contribution >= 0.6 is 0 Å². The molecule has 0 aromatic heterocycles. The van der Waals surface area contributed by atoms with Crippen molar-refractivity contribution in [2.24, 2.45) is 0 Å². The van der Waals surface area contributed by atoms with E-state index >= 15 is 0 Å². The summed E-state index contributed by atoms with van der Waals surface area (Å²) in [5, 5.41) is 4.42. The van der Waals surface area contributed by atoms with E-state index in [0.717, 1.165) is 57.5 Å². The summed E-state index contributed by atoms with van der Waals surface area (Å²) in [6, 6.07) is 5.56. The molecule has 1 aliphatic rings. The molecule has 5 heteroatoms. The summed E-state index contributed by atoms with van der Waals surface area (Å²) in [6.45, 7) is 5.37. The van der Waals surface area contributed by atoms with E-state index in [1.807, 2.05) is 0 Å². The third-order valence-electron chi connectivity index (χ3n) is 4.34. The number of hydrogen-bond acceptors (Lipinski definition) is 1. The summed E-state index contributed by atoms with van der Waals surface area (Å²) in [5.74, 6) is 0. The van der Waals surface area contributed by atoms with Gasteiger partial charge in [0.2, 0.25) is 0 Å². The average molecular weight is 327 g/mol. The number of hydrogen-bond donors (Lipinski definition) is 0. The number of alkyl halides is 3. The normalized spacial score (nSPS) is 17.2. The fourth-order valence-electron chi connectivity index (χ4n) is 2.94. The smallest absolute Gasteiger partial charge is 0.302 e. The van der Waals surface area contributed by atoms with Crippen LogP contribution in [0.25, 0.3) is 0 Å². The second-order valence-electron chi connectivity index (χ2n) is 6.22. The molecule has 0 atom stereocenters. The molecule has 1 fully saturated rings. The summed E-state index contributed by atoms with van der Waals surface area (Å²) in [7, 11) is 0. The largest absolute Gasteiger partial charge is 0.416 e. The van der Waals surface area contributed by atoms with Gasteiger partial charge in [-0.15, -0.1) is 0 Å².